The molecule has 2 heterocycles. The molecule has 2 atom stereocenters. The van der Waals surface area contributed by atoms with Gasteiger partial charge in [-0.25, -0.2) is 0 Å². The zero-order chi connectivity index (χ0) is 21.3. The number of benzene rings is 2. The van der Waals surface area contributed by atoms with E-state index in [9.17, 15) is 9.59 Å². The number of hydrogen-bond acceptors (Lipinski definition) is 4. The summed E-state index contributed by atoms with van der Waals surface area (Å²) in [5, 5.41) is 9.15. The number of aryl methyl sites for hydroxylation is 1. The molecule has 0 aliphatic carbocycles. The summed E-state index contributed by atoms with van der Waals surface area (Å²) >= 11 is 5.23. The number of carbonyl (C=O) groups excluding carboxylic acids is 2. The molecule has 7 heteroatoms. The molecule has 3 aromatic rings. The number of halogens is 1. The molecular weight excluding hydrogens is 462 g/mol. The molecule has 1 aliphatic rings. The summed E-state index contributed by atoms with van der Waals surface area (Å²) in [5.41, 5.74) is 3.16. The van der Waals surface area contributed by atoms with Gasteiger partial charge < -0.3 is 15.5 Å². The molecule has 30 heavy (non-hydrogen) atoms. The molecule has 156 valence electrons. The lowest BCUT2D eigenvalue weighted by atomic mass is 10.1. The van der Waals surface area contributed by atoms with Crippen molar-refractivity contribution < 1.29 is 9.59 Å². The van der Waals surface area contributed by atoms with Crippen LogP contribution in [0.3, 0.4) is 0 Å². The maximum atomic E-state index is 13.6. The van der Waals surface area contributed by atoms with Crippen molar-refractivity contribution in [2.24, 2.45) is 0 Å². The van der Waals surface area contributed by atoms with Crippen LogP contribution in [-0.2, 0) is 22.6 Å². The first-order chi connectivity index (χ1) is 14.5. The fourth-order valence-corrected chi connectivity index (χ4v) is 5.08. The second-order valence-corrected chi connectivity index (χ2v) is 9.39. The van der Waals surface area contributed by atoms with E-state index in [1.54, 1.807) is 25.3 Å². The van der Waals surface area contributed by atoms with Crippen LogP contribution in [-0.4, -0.2) is 30.9 Å². The highest BCUT2D eigenvalue weighted by Crippen LogP contribution is 2.33. The Morgan fingerprint density at radius 2 is 2.10 bits per heavy atom. The number of nitrogens with zero attached hydrogens (tertiary/aromatic N) is 1. The molecule has 0 bridgehead atoms. The number of likely N-dealkylation sites (N-methyl/N-ethyl adjacent to an activating group) is 1. The monoisotopic (exact) mass is 485 g/mol. The third-order valence-corrected chi connectivity index (χ3v) is 7.14. The van der Waals surface area contributed by atoms with Crippen LogP contribution in [0.25, 0.3) is 10.1 Å². The lowest BCUT2D eigenvalue weighted by Crippen LogP contribution is -2.52. The van der Waals surface area contributed by atoms with Crippen molar-refractivity contribution in [1.82, 2.24) is 10.6 Å². The number of amides is 2. The van der Waals surface area contributed by atoms with Crippen molar-refractivity contribution in [3.63, 3.8) is 0 Å². The second-order valence-electron chi connectivity index (χ2n) is 7.56. The number of rotatable bonds is 5. The summed E-state index contributed by atoms with van der Waals surface area (Å²) in [6, 6.07) is 13.4. The SMILES string of the molecule is CNC(C)C(=O)N[C@H]1CCc2ccccc2N(Cc2csc3ccc(Br)cc23)C1=O. The number of fused-ring (bicyclic) bond motifs is 2. The standard InChI is InChI=1S/C23H24BrN3O2S/c1-14(25-2)22(28)26-19-9-7-15-5-3-4-6-20(15)27(23(19)29)12-16-13-30-21-10-8-17(24)11-18(16)21/h3-6,8,10-11,13-14,19,25H,7,9,12H2,1-2H3,(H,26,28)/t14?,19-/m0/s1. The Morgan fingerprint density at radius 3 is 2.90 bits per heavy atom. The minimum absolute atomic E-state index is 0.0639. The average Bonchev–Trinajstić information content (AvgIpc) is 3.10. The van der Waals surface area contributed by atoms with Gasteiger partial charge in [0.05, 0.1) is 12.6 Å². The molecule has 2 amide bonds. The first kappa shape index (κ1) is 21.0. The highest BCUT2D eigenvalue weighted by Gasteiger charge is 2.32. The van der Waals surface area contributed by atoms with E-state index in [2.05, 4.69) is 50.1 Å². The minimum atomic E-state index is -0.544. The maximum absolute atomic E-state index is 13.6. The Labute approximate surface area is 188 Å². The van der Waals surface area contributed by atoms with Crippen molar-refractivity contribution in [2.45, 2.75) is 38.4 Å². The number of thiophene rings is 1. The summed E-state index contributed by atoms with van der Waals surface area (Å²) in [6.07, 6.45) is 1.33. The Hall–Kier alpha value is -2.22. The van der Waals surface area contributed by atoms with E-state index >= 15 is 0 Å². The van der Waals surface area contributed by atoms with Gasteiger partial charge in [-0.1, -0.05) is 34.1 Å². The molecule has 1 aliphatic heterocycles. The third-order valence-electron chi connectivity index (χ3n) is 5.64. The first-order valence-corrected chi connectivity index (χ1v) is 11.7. The van der Waals surface area contributed by atoms with Crippen LogP contribution in [0.15, 0.2) is 52.3 Å². The van der Waals surface area contributed by atoms with Crippen LogP contribution in [0.4, 0.5) is 5.69 Å². The molecule has 0 radical (unpaired) electrons. The van der Waals surface area contributed by atoms with E-state index < -0.39 is 6.04 Å². The Bertz CT molecular complexity index is 1100. The predicted molar refractivity (Wildman–Crippen MR) is 126 cm³/mol. The lowest BCUT2D eigenvalue weighted by molar-refractivity contribution is -0.128. The molecule has 5 nitrogen and oxygen atoms in total. The average molecular weight is 486 g/mol. The van der Waals surface area contributed by atoms with Crippen molar-refractivity contribution in [3.05, 3.63) is 63.4 Å². The van der Waals surface area contributed by atoms with Gasteiger partial charge in [-0.05, 0) is 73.0 Å². The molecule has 0 fully saturated rings. The second kappa shape index (κ2) is 8.88. The third kappa shape index (κ3) is 4.15. The number of para-hydroxylation sites is 1. The van der Waals surface area contributed by atoms with Crippen molar-refractivity contribution in [1.29, 1.82) is 0 Å². The highest BCUT2D eigenvalue weighted by molar-refractivity contribution is 9.10. The molecule has 1 unspecified atom stereocenters. The topological polar surface area (TPSA) is 61.4 Å². The molecule has 2 N–H and O–H groups in total. The summed E-state index contributed by atoms with van der Waals surface area (Å²) in [7, 11) is 1.74. The molecule has 2 aromatic carbocycles. The number of anilines is 1. The Balaban J connectivity index is 1.69. The summed E-state index contributed by atoms with van der Waals surface area (Å²) in [6.45, 7) is 2.26. The van der Waals surface area contributed by atoms with Crippen LogP contribution in [0, 0.1) is 0 Å². The van der Waals surface area contributed by atoms with Gasteiger partial charge in [0.25, 0.3) is 0 Å². The molecule has 0 spiro atoms. The minimum Gasteiger partial charge on any atom is -0.343 e. The van der Waals surface area contributed by atoms with Crippen molar-refractivity contribution >= 4 is 54.9 Å². The van der Waals surface area contributed by atoms with Gasteiger partial charge in [0.15, 0.2) is 0 Å². The van der Waals surface area contributed by atoms with E-state index in [1.807, 2.05) is 29.2 Å². The highest BCUT2D eigenvalue weighted by atomic mass is 79.9. The lowest BCUT2D eigenvalue weighted by Gasteiger charge is -2.27. The largest absolute Gasteiger partial charge is 0.343 e. The Kier molecular flexibility index (Phi) is 6.22. The van der Waals surface area contributed by atoms with Gasteiger partial charge in [0.1, 0.15) is 6.04 Å². The fourth-order valence-electron chi connectivity index (χ4n) is 3.79. The van der Waals surface area contributed by atoms with E-state index in [0.29, 0.717) is 13.0 Å². The summed E-state index contributed by atoms with van der Waals surface area (Å²) < 4.78 is 2.21. The van der Waals surface area contributed by atoms with Gasteiger partial charge in [0, 0.05) is 14.9 Å². The van der Waals surface area contributed by atoms with Gasteiger partial charge in [-0.15, -0.1) is 11.3 Å². The van der Waals surface area contributed by atoms with E-state index in [4.69, 9.17) is 0 Å². The summed E-state index contributed by atoms with van der Waals surface area (Å²) in [4.78, 5) is 27.9. The van der Waals surface area contributed by atoms with Crippen LogP contribution in [0.1, 0.15) is 24.5 Å². The van der Waals surface area contributed by atoms with Gasteiger partial charge >= 0.3 is 0 Å². The van der Waals surface area contributed by atoms with Crippen molar-refractivity contribution in [3.8, 4) is 0 Å². The van der Waals surface area contributed by atoms with E-state index in [1.165, 1.54) is 4.70 Å². The van der Waals surface area contributed by atoms with Gasteiger partial charge in [0.2, 0.25) is 11.8 Å². The molecular formula is C23H24BrN3O2S. The summed E-state index contributed by atoms with van der Waals surface area (Å²) in [5.74, 6) is -0.224. The number of nitrogens with one attached hydrogen (secondary N) is 2. The molecule has 0 saturated carbocycles. The molecule has 4 rings (SSSR count). The van der Waals surface area contributed by atoms with Crippen LogP contribution in [0.2, 0.25) is 0 Å². The van der Waals surface area contributed by atoms with E-state index in [0.717, 1.165) is 33.1 Å². The van der Waals surface area contributed by atoms with Crippen LogP contribution in [0.5, 0.6) is 0 Å². The Morgan fingerprint density at radius 1 is 1.30 bits per heavy atom. The predicted octanol–water partition coefficient (Wildman–Crippen LogP) is 4.24. The maximum Gasteiger partial charge on any atom is 0.249 e. The van der Waals surface area contributed by atoms with Gasteiger partial charge in [-0.3, -0.25) is 9.59 Å². The van der Waals surface area contributed by atoms with Gasteiger partial charge in [-0.2, -0.15) is 0 Å². The normalized spacial score (nSPS) is 17.5. The smallest absolute Gasteiger partial charge is 0.249 e. The van der Waals surface area contributed by atoms with Crippen LogP contribution >= 0.6 is 27.3 Å². The van der Waals surface area contributed by atoms with Crippen molar-refractivity contribution in [2.75, 3.05) is 11.9 Å². The first-order valence-electron chi connectivity index (χ1n) is 10.0. The van der Waals surface area contributed by atoms with Crippen LogP contribution < -0.4 is 15.5 Å². The number of carbonyl (C=O) groups is 2. The zero-order valence-electron chi connectivity index (χ0n) is 16.9. The number of hydrogen-bond donors (Lipinski definition) is 2. The molecule has 1 aromatic heterocycles. The fraction of sp³-hybridized carbons (Fsp3) is 0.304. The zero-order valence-corrected chi connectivity index (χ0v) is 19.3. The van der Waals surface area contributed by atoms with E-state index in [-0.39, 0.29) is 17.9 Å². The molecule has 0 saturated heterocycles. The quantitative estimate of drug-likeness (QED) is 0.568.